The Morgan fingerprint density at radius 1 is 1.21 bits per heavy atom. The summed E-state index contributed by atoms with van der Waals surface area (Å²) in [5.41, 5.74) is 1.13. The molecule has 2 rings (SSSR count). The maximum Gasteiger partial charge on any atom is 0.310 e. The lowest BCUT2D eigenvalue weighted by molar-refractivity contribution is -0.140. The van der Waals surface area contributed by atoms with Crippen molar-refractivity contribution in [1.82, 2.24) is 5.32 Å². The molecule has 1 amide bonds. The van der Waals surface area contributed by atoms with Gasteiger partial charge in [-0.1, -0.05) is 42.5 Å². The van der Waals surface area contributed by atoms with Gasteiger partial charge in [-0.2, -0.15) is 0 Å². The van der Waals surface area contributed by atoms with Crippen LogP contribution in [0.15, 0.2) is 42.5 Å². The maximum absolute atomic E-state index is 11.8. The predicted molar refractivity (Wildman–Crippen MR) is 71.6 cm³/mol. The first-order valence-electron chi connectivity index (χ1n) is 6.39. The Bertz CT molecular complexity index is 481. The molecule has 1 aliphatic rings. The Balaban J connectivity index is 1.74. The highest BCUT2D eigenvalue weighted by Gasteiger charge is 2.25. The Kier molecular flexibility index (Phi) is 4.34. The molecule has 1 aliphatic carbocycles. The molecule has 0 bridgehead atoms. The minimum absolute atomic E-state index is 0.0375. The van der Waals surface area contributed by atoms with E-state index in [1.165, 1.54) is 0 Å². The molecule has 100 valence electrons. The topological polar surface area (TPSA) is 66.4 Å². The van der Waals surface area contributed by atoms with E-state index in [0.29, 0.717) is 19.3 Å². The molecular weight excluding hydrogens is 242 g/mol. The van der Waals surface area contributed by atoms with Crippen molar-refractivity contribution in [2.24, 2.45) is 5.92 Å². The minimum atomic E-state index is -0.836. The highest BCUT2D eigenvalue weighted by atomic mass is 16.4. The van der Waals surface area contributed by atoms with Gasteiger partial charge in [-0.3, -0.25) is 9.59 Å². The normalized spacial score (nSPS) is 21.3. The molecule has 0 aromatic heterocycles. The summed E-state index contributed by atoms with van der Waals surface area (Å²) in [6.45, 7) is 0. The quantitative estimate of drug-likeness (QED) is 0.792. The number of rotatable bonds is 5. The second-order valence-electron chi connectivity index (χ2n) is 4.72. The summed E-state index contributed by atoms with van der Waals surface area (Å²) in [5, 5.41) is 11.7. The molecule has 0 radical (unpaired) electrons. The standard InChI is InChI=1S/C15H17NO3/c17-14(9-6-11-4-2-1-3-5-11)16-13-8-7-12(10-13)15(18)19/h1-5,7-8,12-13H,6,9-10H2,(H,16,17)(H,18,19). The Morgan fingerprint density at radius 3 is 2.58 bits per heavy atom. The molecule has 0 saturated carbocycles. The van der Waals surface area contributed by atoms with Crippen molar-refractivity contribution in [3.63, 3.8) is 0 Å². The van der Waals surface area contributed by atoms with E-state index in [2.05, 4.69) is 5.32 Å². The van der Waals surface area contributed by atoms with Crippen molar-refractivity contribution in [3.8, 4) is 0 Å². The molecule has 19 heavy (non-hydrogen) atoms. The number of benzene rings is 1. The van der Waals surface area contributed by atoms with Gasteiger partial charge in [0.1, 0.15) is 0 Å². The molecule has 0 heterocycles. The van der Waals surface area contributed by atoms with Gasteiger partial charge in [-0.05, 0) is 18.4 Å². The number of carboxylic acid groups (broad SMARTS) is 1. The third kappa shape index (κ3) is 3.95. The van der Waals surface area contributed by atoms with E-state index in [1.807, 2.05) is 30.3 Å². The fraction of sp³-hybridized carbons (Fsp3) is 0.333. The number of carbonyl (C=O) groups excluding carboxylic acids is 1. The third-order valence-electron chi connectivity index (χ3n) is 3.23. The summed E-state index contributed by atoms with van der Waals surface area (Å²) in [6, 6.07) is 9.67. The van der Waals surface area contributed by atoms with Crippen molar-refractivity contribution in [2.75, 3.05) is 0 Å². The molecule has 2 unspecified atom stereocenters. The van der Waals surface area contributed by atoms with E-state index < -0.39 is 11.9 Å². The van der Waals surface area contributed by atoms with Crippen LogP contribution in [-0.2, 0) is 16.0 Å². The smallest absolute Gasteiger partial charge is 0.310 e. The molecular formula is C15H17NO3. The van der Waals surface area contributed by atoms with Crippen LogP contribution in [0.4, 0.5) is 0 Å². The number of nitrogens with one attached hydrogen (secondary N) is 1. The summed E-state index contributed by atoms with van der Waals surface area (Å²) in [5.74, 6) is -1.35. The van der Waals surface area contributed by atoms with Crippen molar-refractivity contribution >= 4 is 11.9 Å². The van der Waals surface area contributed by atoms with E-state index >= 15 is 0 Å². The number of amides is 1. The highest BCUT2D eigenvalue weighted by molar-refractivity contribution is 5.78. The molecule has 0 fully saturated rings. The van der Waals surface area contributed by atoms with Crippen LogP contribution in [0, 0.1) is 5.92 Å². The van der Waals surface area contributed by atoms with Crippen LogP contribution in [-0.4, -0.2) is 23.0 Å². The summed E-state index contributed by atoms with van der Waals surface area (Å²) in [6.07, 6.45) is 4.98. The van der Waals surface area contributed by atoms with Gasteiger partial charge < -0.3 is 10.4 Å². The average Bonchev–Trinajstić information content (AvgIpc) is 2.86. The lowest BCUT2D eigenvalue weighted by Crippen LogP contribution is -2.33. The fourth-order valence-electron chi connectivity index (χ4n) is 2.17. The van der Waals surface area contributed by atoms with Crippen LogP contribution in [0.3, 0.4) is 0 Å². The number of aryl methyl sites for hydroxylation is 1. The number of carbonyl (C=O) groups is 2. The van der Waals surface area contributed by atoms with E-state index in [1.54, 1.807) is 12.2 Å². The van der Waals surface area contributed by atoms with Gasteiger partial charge in [0.15, 0.2) is 0 Å². The van der Waals surface area contributed by atoms with Gasteiger partial charge in [0.2, 0.25) is 5.91 Å². The van der Waals surface area contributed by atoms with Crippen molar-refractivity contribution < 1.29 is 14.7 Å². The van der Waals surface area contributed by atoms with Crippen LogP contribution in [0.2, 0.25) is 0 Å². The highest BCUT2D eigenvalue weighted by Crippen LogP contribution is 2.18. The molecule has 2 atom stereocenters. The first-order chi connectivity index (χ1) is 9.15. The lowest BCUT2D eigenvalue weighted by Gasteiger charge is -2.12. The zero-order chi connectivity index (χ0) is 13.7. The first-order valence-corrected chi connectivity index (χ1v) is 6.39. The molecule has 4 nitrogen and oxygen atoms in total. The van der Waals surface area contributed by atoms with Gasteiger partial charge in [0, 0.05) is 12.5 Å². The SMILES string of the molecule is O=C(CCc1ccccc1)NC1C=CC(C(=O)O)C1. The minimum Gasteiger partial charge on any atom is -0.481 e. The van der Waals surface area contributed by atoms with E-state index in [4.69, 9.17) is 5.11 Å². The summed E-state index contributed by atoms with van der Waals surface area (Å²) >= 11 is 0. The zero-order valence-electron chi connectivity index (χ0n) is 10.6. The number of carboxylic acids is 1. The Morgan fingerprint density at radius 2 is 1.95 bits per heavy atom. The van der Waals surface area contributed by atoms with Crippen molar-refractivity contribution in [2.45, 2.75) is 25.3 Å². The molecule has 1 aromatic rings. The van der Waals surface area contributed by atoms with Gasteiger partial charge >= 0.3 is 5.97 Å². The molecule has 0 aliphatic heterocycles. The van der Waals surface area contributed by atoms with Gasteiger partial charge in [-0.15, -0.1) is 0 Å². The van der Waals surface area contributed by atoms with Crippen LogP contribution in [0.5, 0.6) is 0 Å². The number of hydrogen-bond acceptors (Lipinski definition) is 2. The van der Waals surface area contributed by atoms with Crippen molar-refractivity contribution in [3.05, 3.63) is 48.0 Å². The van der Waals surface area contributed by atoms with Crippen LogP contribution >= 0.6 is 0 Å². The fourth-order valence-corrected chi connectivity index (χ4v) is 2.17. The molecule has 0 spiro atoms. The molecule has 0 saturated heterocycles. The Hall–Kier alpha value is -2.10. The van der Waals surface area contributed by atoms with E-state index in [9.17, 15) is 9.59 Å². The largest absolute Gasteiger partial charge is 0.481 e. The average molecular weight is 259 g/mol. The van der Waals surface area contributed by atoms with Crippen molar-refractivity contribution in [1.29, 1.82) is 0 Å². The molecule has 1 aromatic carbocycles. The lowest BCUT2D eigenvalue weighted by atomic mass is 10.1. The summed E-state index contributed by atoms with van der Waals surface area (Å²) < 4.78 is 0. The van der Waals surface area contributed by atoms with E-state index in [-0.39, 0.29) is 11.9 Å². The maximum atomic E-state index is 11.8. The number of aliphatic carboxylic acids is 1. The van der Waals surface area contributed by atoms with Crippen LogP contribution < -0.4 is 5.32 Å². The predicted octanol–water partition coefficient (Wildman–Crippen LogP) is 1.76. The number of hydrogen-bond donors (Lipinski definition) is 2. The zero-order valence-corrected chi connectivity index (χ0v) is 10.6. The van der Waals surface area contributed by atoms with Gasteiger partial charge in [0.05, 0.1) is 5.92 Å². The Labute approximate surface area is 112 Å². The summed E-state index contributed by atoms with van der Waals surface area (Å²) in [7, 11) is 0. The monoisotopic (exact) mass is 259 g/mol. The molecule has 2 N–H and O–H groups in total. The van der Waals surface area contributed by atoms with Gasteiger partial charge in [0.25, 0.3) is 0 Å². The van der Waals surface area contributed by atoms with Gasteiger partial charge in [-0.25, -0.2) is 0 Å². The van der Waals surface area contributed by atoms with Crippen LogP contribution in [0.25, 0.3) is 0 Å². The van der Waals surface area contributed by atoms with E-state index in [0.717, 1.165) is 5.56 Å². The third-order valence-corrected chi connectivity index (χ3v) is 3.23. The molecule has 4 heteroatoms. The second kappa shape index (κ2) is 6.18. The first kappa shape index (κ1) is 13.3. The second-order valence-corrected chi connectivity index (χ2v) is 4.72. The van der Waals surface area contributed by atoms with Crippen LogP contribution in [0.1, 0.15) is 18.4 Å². The summed E-state index contributed by atoms with van der Waals surface area (Å²) in [4.78, 5) is 22.5.